The summed E-state index contributed by atoms with van der Waals surface area (Å²) in [6.45, 7) is 4.36. The summed E-state index contributed by atoms with van der Waals surface area (Å²) in [6, 6.07) is 7.24. The lowest BCUT2D eigenvalue weighted by Gasteiger charge is -2.08. The maximum absolute atomic E-state index is 11.7. The first-order valence-corrected chi connectivity index (χ1v) is 8.68. The molecule has 0 bridgehead atoms. The number of benzene rings is 1. The lowest BCUT2D eigenvalue weighted by molar-refractivity contribution is 0.340. The van der Waals surface area contributed by atoms with Crippen molar-refractivity contribution in [1.29, 1.82) is 0 Å². The van der Waals surface area contributed by atoms with Crippen molar-refractivity contribution in [2.24, 2.45) is 0 Å². The number of ether oxygens (including phenoxy) is 1. The van der Waals surface area contributed by atoms with Crippen LogP contribution in [0.2, 0.25) is 0 Å². The Labute approximate surface area is 129 Å². The van der Waals surface area contributed by atoms with Crippen LogP contribution in [0, 0.1) is 0 Å². The maximum atomic E-state index is 11.7. The fourth-order valence-corrected chi connectivity index (χ4v) is 2.91. The highest BCUT2D eigenvalue weighted by atomic mass is 32.2. The number of aromatic nitrogens is 4. The van der Waals surface area contributed by atoms with Crippen molar-refractivity contribution in [3.63, 3.8) is 0 Å². The van der Waals surface area contributed by atoms with Gasteiger partial charge in [0.1, 0.15) is 5.75 Å². The van der Waals surface area contributed by atoms with Gasteiger partial charge in [0.25, 0.3) is 0 Å². The van der Waals surface area contributed by atoms with Gasteiger partial charge < -0.3 is 4.74 Å². The van der Waals surface area contributed by atoms with Crippen molar-refractivity contribution < 1.29 is 13.2 Å². The second kappa shape index (κ2) is 7.32. The van der Waals surface area contributed by atoms with E-state index in [1.807, 2.05) is 38.1 Å². The van der Waals surface area contributed by atoms with Crippen LogP contribution in [0.25, 0.3) is 5.69 Å². The molecule has 22 heavy (non-hydrogen) atoms. The van der Waals surface area contributed by atoms with Crippen molar-refractivity contribution in [3.8, 4) is 11.4 Å². The van der Waals surface area contributed by atoms with E-state index < -0.39 is 10.0 Å². The van der Waals surface area contributed by atoms with Crippen molar-refractivity contribution in [3.05, 3.63) is 30.1 Å². The van der Waals surface area contributed by atoms with Crippen molar-refractivity contribution in [1.82, 2.24) is 24.9 Å². The van der Waals surface area contributed by atoms with Gasteiger partial charge in [-0.05, 0) is 48.0 Å². The van der Waals surface area contributed by atoms with E-state index in [-0.39, 0.29) is 12.3 Å². The van der Waals surface area contributed by atoms with Gasteiger partial charge in [0.15, 0.2) is 5.82 Å². The van der Waals surface area contributed by atoms with Crippen LogP contribution in [0.3, 0.4) is 0 Å². The molecule has 0 fully saturated rings. The molecular weight excluding hydrogens is 306 g/mol. The third kappa shape index (κ3) is 4.25. The molecule has 0 spiro atoms. The van der Waals surface area contributed by atoms with Gasteiger partial charge in [-0.1, -0.05) is 6.92 Å². The summed E-state index contributed by atoms with van der Waals surface area (Å²) in [7, 11) is -3.30. The second-order valence-corrected chi connectivity index (χ2v) is 6.50. The Balaban J connectivity index is 2.12. The van der Waals surface area contributed by atoms with E-state index in [1.165, 1.54) is 4.68 Å². The molecule has 0 atom stereocenters. The smallest absolute Gasteiger partial charge is 0.211 e. The summed E-state index contributed by atoms with van der Waals surface area (Å²) in [4.78, 5) is 0. The number of hydrogen-bond acceptors (Lipinski definition) is 6. The van der Waals surface area contributed by atoms with Crippen LogP contribution < -0.4 is 9.46 Å². The molecule has 2 aromatic rings. The zero-order valence-electron chi connectivity index (χ0n) is 12.6. The minimum Gasteiger partial charge on any atom is -0.494 e. The number of nitrogens with one attached hydrogen (secondary N) is 1. The molecule has 0 radical (unpaired) electrons. The average Bonchev–Trinajstić information content (AvgIpc) is 2.95. The molecule has 0 aliphatic rings. The van der Waals surface area contributed by atoms with Gasteiger partial charge in [-0.25, -0.2) is 13.1 Å². The van der Waals surface area contributed by atoms with E-state index in [4.69, 9.17) is 4.74 Å². The Morgan fingerprint density at radius 3 is 2.59 bits per heavy atom. The van der Waals surface area contributed by atoms with Crippen molar-refractivity contribution in [2.75, 3.05) is 12.4 Å². The average molecular weight is 325 g/mol. The maximum Gasteiger partial charge on any atom is 0.211 e. The Hall–Kier alpha value is -2.00. The molecule has 1 aromatic carbocycles. The molecule has 0 saturated carbocycles. The molecule has 0 unspecified atom stereocenters. The standard InChI is InChI=1S/C13H19N5O3S/c1-3-9-22(19,20)14-10-13-15-16-17-18(13)11-5-7-12(8-6-11)21-4-2/h5-8,14H,3-4,9-10H2,1-2H3. The van der Waals surface area contributed by atoms with Gasteiger partial charge in [-0.3, -0.25) is 0 Å². The van der Waals surface area contributed by atoms with E-state index in [0.29, 0.717) is 18.9 Å². The summed E-state index contributed by atoms with van der Waals surface area (Å²) < 4.78 is 32.7. The number of tetrazole rings is 1. The molecule has 0 saturated heterocycles. The highest BCUT2D eigenvalue weighted by molar-refractivity contribution is 7.89. The summed E-state index contributed by atoms with van der Waals surface area (Å²) >= 11 is 0. The van der Waals surface area contributed by atoms with Gasteiger partial charge in [0.05, 0.1) is 24.6 Å². The number of hydrogen-bond donors (Lipinski definition) is 1. The minimum absolute atomic E-state index is 0.0442. The van der Waals surface area contributed by atoms with E-state index in [9.17, 15) is 8.42 Å². The lowest BCUT2D eigenvalue weighted by Crippen LogP contribution is -2.27. The zero-order valence-corrected chi connectivity index (χ0v) is 13.4. The third-order valence-corrected chi connectivity index (χ3v) is 4.38. The molecule has 120 valence electrons. The predicted molar refractivity (Wildman–Crippen MR) is 81.2 cm³/mol. The third-order valence-electron chi connectivity index (χ3n) is 2.85. The largest absolute Gasteiger partial charge is 0.494 e. The first-order chi connectivity index (χ1) is 10.6. The molecule has 0 amide bonds. The molecule has 8 nitrogen and oxygen atoms in total. The second-order valence-electron chi connectivity index (χ2n) is 4.57. The van der Waals surface area contributed by atoms with Gasteiger partial charge in [0.2, 0.25) is 10.0 Å². The number of rotatable bonds is 8. The fourth-order valence-electron chi connectivity index (χ4n) is 1.88. The Morgan fingerprint density at radius 2 is 1.95 bits per heavy atom. The van der Waals surface area contributed by atoms with Crippen molar-refractivity contribution in [2.45, 2.75) is 26.8 Å². The van der Waals surface area contributed by atoms with E-state index in [0.717, 1.165) is 11.4 Å². The lowest BCUT2D eigenvalue weighted by atomic mass is 10.3. The van der Waals surface area contributed by atoms with Gasteiger partial charge in [-0.15, -0.1) is 5.10 Å². The van der Waals surface area contributed by atoms with Crippen LogP contribution >= 0.6 is 0 Å². The summed E-state index contributed by atoms with van der Waals surface area (Å²) in [5, 5.41) is 11.3. The molecule has 0 aliphatic carbocycles. The molecule has 2 rings (SSSR count). The summed E-state index contributed by atoms with van der Waals surface area (Å²) in [5.74, 6) is 1.26. The van der Waals surface area contributed by atoms with Gasteiger partial charge in [-0.2, -0.15) is 4.68 Å². The predicted octanol–water partition coefficient (Wildman–Crippen LogP) is 0.890. The van der Waals surface area contributed by atoms with E-state index in [2.05, 4.69) is 20.2 Å². The van der Waals surface area contributed by atoms with E-state index in [1.54, 1.807) is 0 Å². The Morgan fingerprint density at radius 1 is 1.23 bits per heavy atom. The topological polar surface area (TPSA) is 99.0 Å². The molecular formula is C13H19N5O3S. The van der Waals surface area contributed by atoms with Crippen LogP contribution in [0.1, 0.15) is 26.1 Å². The highest BCUT2D eigenvalue weighted by Crippen LogP contribution is 2.15. The molecule has 9 heteroatoms. The SMILES string of the molecule is CCCS(=O)(=O)NCc1nnnn1-c1ccc(OCC)cc1. The van der Waals surface area contributed by atoms with Crippen LogP contribution in [0.4, 0.5) is 0 Å². The van der Waals surface area contributed by atoms with Crippen LogP contribution in [0.15, 0.2) is 24.3 Å². The molecule has 1 heterocycles. The van der Waals surface area contributed by atoms with E-state index >= 15 is 0 Å². The van der Waals surface area contributed by atoms with Gasteiger partial charge >= 0.3 is 0 Å². The zero-order chi connectivity index (χ0) is 16.0. The first kappa shape index (κ1) is 16.4. The minimum atomic E-state index is -3.30. The van der Waals surface area contributed by atoms with Gasteiger partial charge in [0, 0.05) is 0 Å². The van der Waals surface area contributed by atoms with Crippen LogP contribution in [-0.2, 0) is 16.6 Å². The van der Waals surface area contributed by atoms with Crippen molar-refractivity contribution >= 4 is 10.0 Å². The fraction of sp³-hybridized carbons (Fsp3) is 0.462. The molecule has 1 N–H and O–H groups in total. The van der Waals surface area contributed by atoms with Crippen LogP contribution in [0.5, 0.6) is 5.75 Å². The summed E-state index contributed by atoms with van der Waals surface area (Å²) in [6.07, 6.45) is 0.555. The number of nitrogens with zero attached hydrogens (tertiary/aromatic N) is 4. The first-order valence-electron chi connectivity index (χ1n) is 7.03. The Kier molecular flexibility index (Phi) is 5.45. The number of sulfonamides is 1. The molecule has 0 aliphatic heterocycles. The monoisotopic (exact) mass is 325 g/mol. The Bertz CT molecular complexity index is 697. The van der Waals surface area contributed by atoms with Crippen LogP contribution in [-0.4, -0.2) is 41.0 Å². The quantitative estimate of drug-likeness (QED) is 0.774. The summed E-state index contributed by atoms with van der Waals surface area (Å²) in [5.41, 5.74) is 0.734. The highest BCUT2D eigenvalue weighted by Gasteiger charge is 2.13. The molecule has 1 aromatic heterocycles. The normalized spacial score (nSPS) is 11.5.